The number of ether oxygens (including phenoxy) is 2. The van der Waals surface area contributed by atoms with Crippen molar-refractivity contribution in [3.8, 4) is 11.6 Å². The first-order valence-electron chi connectivity index (χ1n) is 10.0. The van der Waals surface area contributed by atoms with E-state index in [-0.39, 0.29) is 5.56 Å². The number of anilines is 1. The Morgan fingerprint density at radius 2 is 2.13 bits per heavy atom. The van der Waals surface area contributed by atoms with Gasteiger partial charge in [0.25, 0.3) is 5.56 Å². The van der Waals surface area contributed by atoms with E-state index in [4.69, 9.17) is 21.1 Å². The van der Waals surface area contributed by atoms with Gasteiger partial charge in [-0.1, -0.05) is 11.6 Å². The minimum absolute atomic E-state index is 0.232. The van der Waals surface area contributed by atoms with Crippen LogP contribution in [0, 0.1) is 12.8 Å². The molecule has 162 valence electrons. The van der Waals surface area contributed by atoms with E-state index in [1.54, 1.807) is 32.5 Å². The van der Waals surface area contributed by atoms with Crippen molar-refractivity contribution in [2.45, 2.75) is 25.8 Å². The van der Waals surface area contributed by atoms with E-state index in [1.807, 2.05) is 25.1 Å². The predicted octanol–water partition coefficient (Wildman–Crippen LogP) is 3.34. The third kappa shape index (κ3) is 4.96. The zero-order chi connectivity index (χ0) is 22.0. The lowest BCUT2D eigenvalue weighted by Gasteiger charge is -2.11. The molecule has 1 aliphatic carbocycles. The Morgan fingerprint density at radius 3 is 2.84 bits per heavy atom. The maximum absolute atomic E-state index is 12.4. The summed E-state index contributed by atoms with van der Waals surface area (Å²) in [7, 11) is 3.23. The van der Waals surface area contributed by atoms with Crippen molar-refractivity contribution in [2.75, 3.05) is 19.0 Å². The summed E-state index contributed by atoms with van der Waals surface area (Å²) in [4.78, 5) is 21.3. The average Bonchev–Trinajstić information content (AvgIpc) is 3.55. The standard InChI is InChI=1S/C22H24ClN5O3/c1-13-18(23)6-4-15(26-13)10-24-20-9-21(27-28(2)22(20)29)31-12-14-8-17(14)19-7-5-16(30-3)11-25-19/h4-7,9,11,14,17,24H,8,10,12H2,1-3H3/t14-,17+/m1/s1. The van der Waals surface area contributed by atoms with Crippen LogP contribution < -0.4 is 20.3 Å². The van der Waals surface area contributed by atoms with Gasteiger partial charge in [-0.05, 0) is 37.6 Å². The lowest BCUT2D eigenvalue weighted by atomic mass is 10.2. The van der Waals surface area contributed by atoms with Crippen LogP contribution in [-0.4, -0.2) is 33.5 Å². The second kappa shape index (κ2) is 8.93. The molecule has 0 radical (unpaired) electrons. The van der Waals surface area contributed by atoms with Gasteiger partial charge in [-0.3, -0.25) is 14.8 Å². The molecule has 0 spiro atoms. The lowest BCUT2D eigenvalue weighted by Crippen LogP contribution is -2.24. The summed E-state index contributed by atoms with van der Waals surface area (Å²) in [6.45, 7) is 2.75. The lowest BCUT2D eigenvalue weighted by molar-refractivity contribution is 0.278. The first kappa shape index (κ1) is 21.1. The predicted molar refractivity (Wildman–Crippen MR) is 118 cm³/mol. The molecule has 1 saturated carbocycles. The Hall–Kier alpha value is -3.13. The molecule has 1 N–H and O–H groups in total. The topological polar surface area (TPSA) is 91.2 Å². The van der Waals surface area contributed by atoms with Gasteiger partial charge in [0.15, 0.2) is 0 Å². The molecule has 0 saturated heterocycles. The number of methoxy groups -OCH3 is 1. The smallest absolute Gasteiger partial charge is 0.290 e. The van der Waals surface area contributed by atoms with E-state index in [9.17, 15) is 4.79 Å². The second-order valence-electron chi connectivity index (χ2n) is 7.58. The van der Waals surface area contributed by atoms with Crippen LogP contribution in [0.3, 0.4) is 0 Å². The molecule has 0 amide bonds. The van der Waals surface area contributed by atoms with E-state index in [0.29, 0.717) is 41.6 Å². The first-order chi connectivity index (χ1) is 14.9. The minimum atomic E-state index is -0.232. The van der Waals surface area contributed by atoms with Crippen molar-refractivity contribution in [2.24, 2.45) is 13.0 Å². The molecule has 2 atom stereocenters. The van der Waals surface area contributed by atoms with Crippen molar-refractivity contribution in [3.63, 3.8) is 0 Å². The summed E-state index contributed by atoms with van der Waals surface area (Å²) in [6, 6.07) is 9.16. The highest BCUT2D eigenvalue weighted by Crippen LogP contribution is 2.46. The molecule has 31 heavy (non-hydrogen) atoms. The number of nitrogens with zero attached hydrogens (tertiary/aromatic N) is 4. The Labute approximate surface area is 185 Å². The van der Waals surface area contributed by atoms with Crippen LogP contribution >= 0.6 is 11.6 Å². The fourth-order valence-corrected chi connectivity index (χ4v) is 3.48. The largest absolute Gasteiger partial charge is 0.495 e. The summed E-state index contributed by atoms with van der Waals surface area (Å²) in [5, 5.41) is 7.95. The molecule has 0 unspecified atom stereocenters. The molecule has 9 heteroatoms. The monoisotopic (exact) mass is 441 g/mol. The molecule has 1 fully saturated rings. The molecular formula is C22H24ClN5O3. The van der Waals surface area contributed by atoms with Crippen LogP contribution in [0.2, 0.25) is 5.02 Å². The Kier molecular flexibility index (Phi) is 6.08. The van der Waals surface area contributed by atoms with Crippen molar-refractivity contribution in [3.05, 3.63) is 69.0 Å². The van der Waals surface area contributed by atoms with E-state index in [2.05, 4.69) is 20.4 Å². The van der Waals surface area contributed by atoms with Crippen LogP contribution in [0.25, 0.3) is 0 Å². The quantitative estimate of drug-likeness (QED) is 0.573. The Bertz CT molecular complexity index is 1130. The number of rotatable bonds is 8. The number of hydrogen-bond acceptors (Lipinski definition) is 7. The van der Waals surface area contributed by atoms with Crippen LogP contribution in [0.1, 0.15) is 29.4 Å². The summed E-state index contributed by atoms with van der Waals surface area (Å²) >= 11 is 6.02. The molecule has 3 heterocycles. The summed E-state index contributed by atoms with van der Waals surface area (Å²) in [6.07, 6.45) is 2.74. The van der Waals surface area contributed by atoms with Crippen LogP contribution in [0.15, 0.2) is 41.3 Å². The van der Waals surface area contributed by atoms with E-state index in [1.165, 1.54) is 4.68 Å². The molecule has 8 nitrogen and oxygen atoms in total. The van der Waals surface area contributed by atoms with E-state index >= 15 is 0 Å². The summed E-state index contributed by atoms with van der Waals surface area (Å²) in [5.74, 6) is 1.89. The highest BCUT2D eigenvalue weighted by molar-refractivity contribution is 6.31. The number of halogens is 1. The molecule has 3 aromatic rings. The third-order valence-electron chi connectivity index (χ3n) is 5.32. The average molecular weight is 442 g/mol. The van der Waals surface area contributed by atoms with Gasteiger partial charge < -0.3 is 14.8 Å². The normalized spacial score (nSPS) is 17.3. The fraction of sp³-hybridized carbons (Fsp3) is 0.364. The van der Waals surface area contributed by atoms with Crippen molar-refractivity contribution in [1.29, 1.82) is 0 Å². The second-order valence-corrected chi connectivity index (χ2v) is 7.99. The molecule has 0 aliphatic heterocycles. The van der Waals surface area contributed by atoms with E-state index in [0.717, 1.165) is 29.3 Å². The molecule has 3 aromatic heterocycles. The SMILES string of the molecule is COc1ccc([C@H]2C[C@@H]2COc2cc(NCc3ccc(Cl)c(C)n3)c(=O)n(C)n2)nc1. The Balaban J connectivity index is 1.37. The van der Waals surface area contributed by atoms with Crippen molar-refractivity contribution >= 4 is 17.3 Å². The third-order valence-corrected chi connectivity index (χ3v) is 5.72. The first-order valence-corrected chi connectivity index (χ1v) is 10.4. The van der Waals surface area contributed by atoms with E-state index < -0.39 is 0 Å². The highest BCUT2D eigenvalue weighted by atomic mass is 35.5. The zero-order valence-electron chi connectivity index (χ0n) is 17.6. The molecule has 0 bridgehead atoms. The van der Waals surface area contributed by atoms with Gasteiger partial charge in [0, 0.05) is 30.6 Å². The maximum Gasteiger partial charge on any atom is 0.290 e. The molecule has 0 aromatic carbocycles. The fourth-order valence-electron chi connectivity index (χ4n) is 3.38. The number of pyridine rings is 2. The van der Waals surface area contributed by atoms with Crippen LogP contribution in [0.5, 0.6) is 11.6 Å². The molecular weight excluding hydrogens is 418 g/mol. The number of nitrogens with one attached hydrogen (secondary N) is 1. The van der Waals surface area contributed by atoms with Gasteiger partial charge >= 0.3 is 0 Å². The number of aryl methyl sites for hydroxylation is 2. The summed E-state index contributed by atoms with van der Waals surface area (Å²) in [5.41, 5.74) is 2.75. The van der Waals surface area contributed by atoms with Crippen LogP contribution in [0.4, 0.5) is 5.69 Å². The molecule has 4 rings (SSSR count). The van der Waals surface area contributed by atoms with Gasteiger partial charge in [-0.2, -0.15) is 0 Å². The van der Waals surface area contributed by atoms with Gasteiger partial charge in [-0.25, -0.2) is 4.68 Å². The molecule has 1 aliphatic rings. The van der Waals surface area contributed by atoms with Gasteiger partial charge in [0.2, 0.25) is 5.88 Å². The highest BCUT2D eigenvalue weighted by Gasteiger charge is 2.40. The Morgan fingerprint density at radius 1 is 1.29 bits per heavy atom. The van der Waals surface area contributed by atoms with Crippen molar-refractivity contribution < 1.29 is 9.47 Å². The van der Waals surface area contributed by atoms with Gasteiger partial charge in [0.1, 0.15) is 11.4 Å². The minimum Gasteiger partial charge on any atom is -0.495 e. The number of aromatic nitrogens is 4. The van der Waals surface area contributed by atoms with Crippen LogP contribution in [-0.2, 0) is 13.6 Å². The zero-order valence-corrected chi connectivity index (χ0v) is 18.4. The van der Waals surface area contributed by atoms with Gasteiger partial charge in [-0.15, -0.1) is 5.10 Å². The maximum atomic E-state index is 12.4. The van der Waals surface area contributed by atoms with Gasteiger partial charge in [0.05, 0.1) is 42.9 Å². The summed E-state index contributed by atoms with van der Waals surface area (Å²) < 4.78 is 12.3. The van der Waals surface area contributed by atoms with Crippen molar-refractivity contribution in [1.82, 2.24) is 19.7 Å². The number of hydrogen-bond donors (Lipinski definition) is 1.